The molecule has 0 spiro atoms. The monoisotopic (exact) mass is 288 g/mol. The Hall–Kier alpha value is -1.43. The molecular formula is C14H12N2OS2. The number of thiazole rings is 1. The van der Waals surface area contributed by atoms with Crippen LogP contribution in [-0.2, 0) is 0 Å². The number of rotatable bonds is 3. The third-order valence-corrected chi connectivity index (χ3v) is 4.76. The smallest absolute Gasteiger partial charge is 0.157 e. The van der Waals surface area contributed by atoms with Crippen LogP contribution < -0.4 is 0 Å². The maximum Gasteiger partial charge on any atom is 0.157 e. The van der Waals surface area contributed by atoms with Crippen molar-refractivity contribution in [1.29, 1.82) is 0 Å². The summed E-state index contributed by atoms with van der Waals surface area (Å²) < 4.78 is 2.17. The number of benzene rings is 1. The van der Waals surface area contributed by atoms with Crippen LogP contribution in [0.3, 0.4) is 0 Å². The van der Waals surface area contributed by atoms with Gasteiger partial charge in [-0.15, -0.1) is 11.3 Å². The quantitative estimate of drug-likeness (QED) is 0.794. The van der Waals surface area contributed by atoms with Gasteiger partial charge in [0.2, 0.25) is 0 Å². The molecule has 0 amide bonds. The molecule has 0 bridgehead atoms. The first kappa shape index (κ1) is 12.6. The zero-order valence-corrected chi connectivity index (χ0v) is 11.9. The lowest BCUT2D eigenvalue weighted by atomic mass is 10.2. The summed E-state index contributed by atoms with van der Waals surface area (Å²) in [5.41, 5.74) is 1.85. The van der Waals surface area contributed by atoms with E-state index in [2.05, 4.69) is 16.0 Å². The van der Waals surface area contributed by atoms with Crippen molar-refractivity contribution in [2.75, 3.05) is 0 Å². The van der Waals surface area contributed by atoms with Crippen LogP contribution in [0.1, 0.15) is 18.6 Å². The van der Waals surface area contributed by atoms with Crippen LogP contribution in [0.2, 0.25) is 0 Å². The fraction of sp³-hybridized carbons (Fsp3) is 0.143. The summed E-state index contributed by atoms with van der Waals surface area (Å²) in [6, 6.07) is 11.9. The van der Waals surface area contributed by atoms with Gasteiger partial charge in [-0.05, 0) is 42.4 Å². The minimum Gasteiger partial charge on any atom is -0.389 e. The molecule has 3 rings (SSSR count). The van der Waals surface area contributed by atoms with Gasteiger partial charge < -0.3 is 5.11 Å². The van der Waals surface area contributed by atoms with E-state index in [1.54, 1.807) is 36.2 Å². The number of aliphatic hydroxyl groups excluding tert-OH is 1. The van der Waals surface area contributed by atoms with Crippen LogP contribution in [0.5, 0.6) is 0 Å². The van der Waals surface area contributed by atoms with Gasteiger partial charge in [-0.3, -0.25) is 0 Å². The van der Waals surface area contributed by atoms with Crippen molar-refractivity contribution >= 4 is 33.3 Å². The highest BCUT2D eigenvalue weighted by Crippen LogP contribution is 2.33. The van der Waals surface area contributed by atoms with E-state index in [9.17, 15) is 5.11 Å². The fourth-order valence-electron chi connectivity index (χ4n) is 1.68. The molecule has 0 aliphatic heterocycles. The first-order chi connectivity index (χ1) is 9.22. The van der Waals surface area contributed by atoms with Gasteiger partial charge in [0.1, 0.15) is 5.03 Å². The fourth-order valence-corrected chi connectivity index (χ4v) is 3.64. The Morgan fingerprint density at radius 1 is 1.21 bits per heavy atom. The van der Waals surface area contributed by atoms with Crippen LogP contribution in [0.15, 0.2) is 52.0 Å². The van der Waals surface area contributed by atoms with Crippen molar-refractivity contribution in [1.82, 2.24) is 9.97 Å². The summed E-state index contributed by atoms with van der Waals surface area (Å²) in [5.74, 6) is 0. The summed E-state index contributed by atoms with van der Waals surface area (Å²) in [4.78, 5) is 8.89. The highest BCUT2D eigenvalue weighted by Gasteiger charge is 2.07. The van der Waals surface area contributed by atoms with Gasteiger partial charge in [-0.2, -0.15) is 0 Å². The molecule has 3 aromatic rings. The van der Waals surface area contributed by atoms with Gasteiger partial charge in [-0.1, -0.05) is 18.2 Å². The number of hydrogen-bond acceptors (Lipinski definition) is 5. The average Bonchev–Trinajstić information content (AvgIpc) is 2.81. The van der Waals surface area contributed by atoms with E-state index in [0.29, 0.717) is 0 Å². The molecule has 0 aliphatic carbocycles. The minimum absolute atomic E-state index is 0.478. The number of aromatic nitrogens is 2. The Kier molecular flexibility index (Phi) is 3.50. The molecule has 0 radical (unpaired) electrons. The molecule has 1 N–H and O–H groups in total. The normalized spacial score (nSPS) is 12.7. The van der Waals surface area contributed by atoms with Gasteiger partial charge in [0.05, 0.1) is 16.3 Å². The van der Waals surface area contributed by atoms with E-state index in [0.717, 1.165) is 20.4 Å². The molecule has 0 unspecified atom stereocenters. The first-order valence-electron chi connectivity index (χ1n) is 5.90. The van der Waals surface area contributed by atoms with E-state index >= 15 is 0 Å². The Morgan fingerprint density at radius 2 is 2.05 bits per heavy atom. The number of pyridine rings is 1. The Balaban J connectivity index is 1.84. The van der Waals surface area contributed by atoms with E-state index in [4.69, 9.17) is 0 Å². The second kappa shape index (κ2) is 5.28. The van der Waals surface area contributed by atoms with Crippen LogP contribution in [0, 0.1) is 0 Å². The molecule has 2 aromatic heterocycles. The van der Waals surface area contributed by atoms with Crippen molar-refractivity contribution in [2.24, 2.45) is 0 Å². The maximum absolute atomic E-state index is 9.44. The SMILES string of the molecule is C[C@H](O)c1ccc(Sc2nc3ccccc3s2)nc1. The van der Waals surface area contributed by atoms with Crippen molar-refractivity contribution in [3.05, 3.63) is 48.2 Å². The van der Waals surface area contributed by atoms with E-state index < -0.39 is 6.10 Å². The highest BCUT2D eigenvalue weighted by molar-refractivity contribution is 8.01. The molecule has 2 heterocycles. The Bertz CT molecular complexity index is 659. The van der Waals surface area contributed by atoms with Crippen LogP contribution in [0.25, 0.3) is 10.2 Å². The molecule has 1 aromatic carbocycles. The zero-order valence-electron chi connectivity index (χ0n) is 10.3. The number of fused-ring (bicyclic) bond motifs is 1. The Labute approximate surface area is 119 Å². The molecule has 0 saturated carbocycles. The molecule has 1 atom stereocenters. The molecule has 5 heteroatoms. The molecule has 0 saturated heterocycles. The summed E-state index contributed by atoms with van der Waals surface area (Å²) in [6.45, 7) is 1.73. The minimum atomic E-state index is -0.478. The largest absolute Gasteiger partial charge is 0.389 e. The van der Waals surface area contributed by atoms with Gasteiger partial charge in [0.25, 0.3) is 0 Å². The molecule has 0 aliphatic rings. The standard InChI is InChI=1S/C14H12N2OS2/c1-9(17)10-6-7-13(15-8-10)19-14-16-11-4-2-3-5-12(11)18-14/h2-9,17H,1H3/t9-/m0/s1. The molecule has 0 fully saturated rings. The summed E-state index contributed by atoms with van der Waals surface area (Å²) in [5, 5.41) is 10.3. The lowest BCUT2D eigenvalue weighted by Crippen LogP contribution is -1.91. The lowest BCUT2D eigenvalue weighted by Gasteiger charge is -2.03. The van der Waals surface area contributed by atoms with Gasteiger partial charge in [-0.25, -0.2) is 9.97 Å². The predicted octanol–water partition coefficient (Wildman–Crippen LogP) is 3.90. The zero-order chi connectivity index (χ0) is 13.2. The third kappa shape index (κ3) is 2.78. The van der Waals surface area contributed by atoms with Crippen LogP contribution >= 0.6 is 23.1 Å². The molecule has 3 nitrogen and oxygen atoms in total. The average molecular weight is 288 g/mol. The van der Waals surface area contributed by atoms with E-state index in [1.807, 2.05) is 30.3 Å². The van der Waals surface area contributed by atoms with Crippen LogP contribution in [-0.4, -0.2) is 15.1 Å². The lowest BCUT2D eigenvalue weighted by molar-refractivity contribution is 0.198. The van der Waals surface area contributed by atoms with Crippen molar-refractivity contribution in [2.45, 2.75) is 22.4 Å². The summed E-state index contributed by atoms with van der Waals surface area (Å²) in [6.07, 6.45) is 1.23. The predicted molar refractivity (Wildman–Crippen MR) is 78.6 cm³/mol. The third-order valence-electron chi connectivity index (χ3n) is 2.71. The maximum atomic E-state index is 9.44. The summed E-state index contributed by atoms with van der Waals surface area (Å²) >= 11 is 3.21. The molecular weight excluding hydrogens is 276 g/mol. The molecule has 96 valence electrons. The van der Waals surface area contributed by atoms with Gasteiger partial charge >= 0.3 is 0 Å². The second-order valence-corrected chi connectivity index (χ2v) is 6.45. The summed E-state index contributed by atoms with van der Waals surface area (Å²) in [7, 11) is 0. The van der Waals surface area contributed by atoms with E-state index in [1.165, 1.54) is 4.70 Å². The Morgan fingerprint density at radius 3 is 2.74 bits per heavy atom. The number of nitrogens with zero attached hydrogens (tertiary/aromatic N) is 2. The topological polar surface area (TPSA) is 46.0 Å². The van der Waals surface area contributed by atoms with Crippen LogP contribution in [0.4, 0.5) is 0 Å². The van der Waals surface area contributed by atoms with E-state index in [-0.39, 0.29) is 0 Å². The van der Waals surface area contributed by atoms with Crippen molar-refractivity contribution in [3.8, 4) is 0 Å². The number of para-hydroxylation sites is 1. The first-order valence-corrected chi connectivity index (χ1v) is 7.53. The van der Waals surface area contributed by atoms with Gasteiger partial charge in [0, 0.05) is 6.20 Å². The van der Waals surface area contributed by atoms with Crippen molar-refractivity contribution < 1.29 is 5.11 Å². The second-order valence-electron chi connectivity index (χ2n) is 4.16. The number of aliphatic hydroxyl groups is 1. The number of hydrogen-bond donors (Lipinski definition) is 1. The highest BCUT2D eigenvalue weighted by atomic mass is 32.2. The van der Waals surface area contributed by atoms with Crippen molar-refractivity contribution in [3.63, 3.8) is 0 Å². The van der Waals surface area contributed by atoms with Gasteiger partial charge in [0.15, 0.2) is 4.34 Å². The molecule has 19 heavy (non-hydrogen) atoms.